The first-order valence-electron chi connectivity index (χ1n) is 9.34. The molecule has 1 atom stereocenters. The van der Waals surface area contributed by atoms with E-state index in [2.05, 4.69) is 9.73 Å². The molecule has 10 heteroatoms. The van der Waals surface area contributed by atoms with Crippen LogP contribution < -0.4 is 10.1 Å². The number of amides is 2. The second-order valence-corrected chi connectivity index (χ2v) is 6.56. The van der Waals surface area contributed by atoms with Crippen molar-refractivity contribution in [3.8, 4) is 5.75 Å². The maximum Gasteiger partial charge on any atom is 0.442 e. The summed E-state index contributed by atoms with van der Waals surface area (Å²) >= 11 is 0. The average Bonchev–Trinajstić information content (AvgIpc) is 3.02. The second-order valence-electron chi connectivity index (χ2n) is 6.56. The van der Waals surface area contributed by atoms with Crippen LogP contribution in [0.15, 0.2) is 59.6 Å². The molecule has 1 heterocycles. The van der Waals surface area contributed by atoms with Crippen molar-refractivity contribution in [3.63, 3.8) is 0 Å². The van der Waals surface area contributed by atoms with Crippen molar-refractivity contribution in [2.75, 3.05) is 13.7 Å². The number of amidine groups is 1. The van der Waals surface area contributed by atoms with E-state index < -0.39 is 23.8 Å². The Morgan fingerprint density at radius 3 is 2.39 bits per heavy atom. The van der Waals surface area contributed by atoms with Crippen molar-refractivity contribution in [2.45, 2.75) is 25.3 Å². The van der Waals surface area contributed by atoms with Crippen LogP contribution in [0.2, 0.25) is 0 Å². The van der Waals surface area contributed by atoms with Crippen LogP contribution in [-0.4, -0.2) is 48.3 Å². The molecule has 0 radical (unpaired) electrons. The summed E-state index contributed by atoms with van der Waals surface area (Å²) in [5.74, 6) is -1.28. The number of carbonyl (C=O) groups is 2. The molecule has 0 bridgehead atoms. The molecular weight excluding hydrogens is 415 g/mol. The maximum atomic E-state index is 14.2. The highest BCUT2D eigenvalue weighted by atomic mass is 19.4. The Labute approximate surface area is 176 Å². The van der Waals surface area contributed by atoms with Crippen LogP contribution in [0.3, 0.4) is 0 Å². The van der Waals surface area contributed by atoms with Crippen molar-refractivity contribution in [1.82, 2.24) is 10.2 Å². The number of aliphatic imine (C=N–C) groups is 1. The first kappa shape index (κ1) is 22.1. The zero-order valence-corrected chi connectivity index (χ0v) is 16.8. The Hall–Kier alpha value is -3.56. The molecule has 164 valence electrons. The number of ether oxygens (including phenoxy) is 2. The van der Waals surface area contributed by atoms with E-state index in [1.807, 2.05) is 0 Å². The topological polar surface area (TPSA) is 80.2 Å². The maximum absolute atomic E-state index is 14.2. The van der Waals surface area contributed by atoms with E-state index in [4.69, 9.17) is 4.74 Å². The molecule has 1 aliphatic rings. The number of nitrogens with zero attached hydrogens (tertiary/aromatic N) is 2. The largest absolute Gasteiger partial charge is 0.496 e. The first-order chi connectivity index (χ1) is 14.7. The van der Waals surface area contributed by atoms with Crippen molar-refractivity contribution in [2.24, 2.45) is 4.99 Å². The van der Waals surface area contributed by atoms with Gasteiger partial charge in [-0.1, -0.05) is 48.5 Å². The molecule has 7 nitrogen and oxygen atoms in total. The van der Waals surface area contributed by atoms with Crippen LogP contribution in [-0.2, 0) is 16.1 Å². The standard InChI is InChI=1S/C21H20F3N3O4/c1-3-31-19(29)26-20(21(22,23)24)18(28)27(13-15-11-7-8-12-16(15)30-2)17(25-20)14-9-5-4-6-10-14/h4-12H,3,13H2,1-2H3,(H,26,29). The third-order valence-electron chi connectivity index (χ3n) is 4.61. The fourth-order valence-corrected chi connectivity index (χ4v) is 3.17. The highest BCUT2D eigenvalue weighted by molar-refractivity contribution is 6.16. The van der Waals surface area contributed by atoms with Crippen LogP contribution in [0, 0.1) is 0 Å². The van der Waals surface area contributed by atoms with Gasteiger partial charge < -0.3 is 9.47 Å². The predicted octanol–water partition coefficient (Wildman–Crippen LogP) is 3.49. The predicted molar refractivity (Wildman–Crippen MR) is 105 cm³/mol. The van der Waals surface area contributed by atoms with Gasteiger partial charge in [-0.2, -0.15) is 13.2 Å². The minimum atomic E-state index is -5.22. The number of hydrogen-bond donors (Lipinski definition) is 1. The van der Waals surface area contributed by atoms with Gasteiger partial charge in [-0.25, -0.2) is 9.79 Å². The lowest BCUT2D eigenvalue weighted by molar-refractivity contribution is -0.197. The molecule has 1 N–H and O–H groups in total. The lowest BCUT2D eigenvalue weighted by atomic mass is 10.1. The van der Waals surface area contributed by atoms with Crippen LogP contribution in [0.4, 0.5) is 18.0 Å². The van der Waals surface area contributed by atoms with Gasteiger partial charge in [-0.15, -0.1) is 0 Å². The monoisotopic (exact) mass is 435 g/mol. The summed E-state index contributed by atoms with van der Waals surface area (Å²) in [5, 5.41) is 1.63. The van der Waals surface area contributed by atoms with Crippen molar-refractivity contribution in [1.29, 1.82) is 0 Å². The van der Waals surface area contributed by atoms with Crippen molar-refractivity contribution in [3.05, 3.63) is 65.7 Å². The van der Waals surface area contributed by atoms with Gasteiger partial charge in [0.1, 0.15) is 11.6 Å². The zero-order valence-electron chi connectivity index (χ0n) is 16.8. The van der Waals surface area contributed by atoms with Gasteiger partial charge in [0.25, 0.3) is 5.91 Å². The average molecular weight is 435 g/mol. The number of methoxy groups -OCH3 is 1. The quantitative estimate of drug-likeness (QED) is 0.753. The van der Waals surface area contributed by atoms with E-state index in [9.17, 15) is 22.8 Å². The number of alkyl halides is 3. The molecule has 0 fully saturated rings. The number of para-hydroxylation sites is 1. The van der Waals surface area contributed by atoms with Gasteiger partial charge >= 0.3 is 17.9 Å². The molecule has 0 aromatic heterocycles. The minimum Gasteiger partial charge on any atom is -0.496 e. The first-order valence-corrected chi connectivity index (χ1v) is 9.34. The van der Waals surface area contributed by atoms with Gasteiger partial charge in [0, 0.05) is 11.1 Å². The molecule has 1 unspecified atom stereocenters. The molecule has 0 aliphatic carbocycles. The molecule has 2 aromatic rings. The summed E-state index contributed by atoms with van der Waals surface area (Å²) in [4.78, 5) is 29.7. The second kappa shape index (κ2) is 8.66. The molecule has 1 aliphatic heterocycles. The van der Waals surface area contributed by atoms with Crippen LogP contribution in [0.25, 0.3) is 0 Å². The Balaban J connectivity index is 2.12. The zero-order chi connectivity index (χ0) is 22.6. The van der Waals surface area contributed by atoms with E-state index >= 15 is 0 Å². The SMILES string of the molecule is CCOC(=O)NC1(C(F)(F)F)N=C(c2ccccc2)N(Cc2ccccc2OC)C1=O. The van der Waals surface area contributed by atoms with Crippen LogP contribution >= 0.6 is 0 Å². The number of carbonyl (C=O) groups excluding carboxylic acids is 2. The summed E-state index contributed by atoms with van der Waals surface area (Å²) < 4.78 is 52.3. The molecule has 31 heavy (non-hydrogen) atoms. The smallest absolute Gasteiger partial charge is 0.442 e. The number of halogens is 3. The summed E-state index contributed by atoms with van der Waals surface area (Å²) in [7, 11) is 1.42. The Morgan fingerprint density at radius 2 is 1.77 bits per heavy atom. The Kier molecular flexibility index (Phi) is 6.19. The fourth-order valence-electron chi connectivity index (χ4n) is 3.17. The number of hydrogen-bond acceptors (Lipinski definition) is 5. The number of rotatable bonds is 6. The van der Waals surface area contributed by atoms with E-state index in [0.717, 1.165) is 4.90 Å². The van der Waals surface area contributed by atoms with E-state index in [1.165, 1.54) is 26.2 Å². The van der Waals surface area contributed by atoms with Gasteiger partial charge in [-0.05, 0) is 13.0 Å². The number of alkyl carbamates (subject to hydrolysis) is 1. The summed E-state index contributed by atoms with van der Waals surface area (Å²) in [5.41, 5.74) is -2.76. The van der Waals surface area contributed by atoms with E-state index in [-0.39, 0.29) is 24.6 Å². The molecule has 2 amide bonds. The van der Waals surface area contributed by atoms with E-state index in [0.29, 0.717) is 11.3 Å². The molecule has 3 rings (SSSR count). The molecular formula is C21H20F3N3O4. The minimum absolute atomic E-state index is 0.172. The molecule has 2 aromatic carbocycles. The molecule has 0 spiro atoms. The third-order valence-corrected chi connectivity index (χ3v) is 4.61. The third kappa shape index (κ3) is 4.18. The summed E-state index contributed by atoms with van der Waals surface area (Å²) in [6, 6.07) is 14.6. The Morgan fingerprint density at radius 1 is 1.13 bits per heavy atom. The van der Waals surface area contributed by atoms with Gasteiger partial charge in [0.2, 0.25) is 0 Å². The lowest BCUT2D eigenvalue weighted by Crippen LogP contribution is -2.63. The van der Waals surface area contributed by atoms with Crippen LogP contribution in [0.1, 0.15) is 18.1 Å². The number of benzene rings is 2. The normalized spacial score (nSPS) is 18.5. The molecule has 0 saturated carbocycles. The number of nitrogens with one attached hydrogen (secondary N) is 1. The highest BCUT2D eigenvalue weighted by Crippen LogP contribution is 2.39. The Bertz CT molecular complexity index is 995. The van der Waals surface area contributed by atoms with Crippen molar-refractivity contribution < 1.29 is 32.2 Å². The highest BCUT2D eigenvalue weighted by Gasteiger charge is 2.67. The van der Waals surface area contributed by atoms with Gasteiger partial charge in [0.15, 0.2) is 0 Å². The molecule has 0 saturated heterocycles. The van der Waals surface area contributed by atoms with Crippen molar-refractivity contribution >= 4 is 17.8 Å². The fraction of sp³-hybridized carbons (Fsp3) is 0.286. The van der Waals surface area contributed by atoms with Gasteiger partial charge in [-0.3, -0.25) is 15.0 Å². The summed E-state index contributed by atoms with van der Waals surface area (Å²) in [6.07, 6.45) is -6.62. The van der Waals surface area contributed by atoms with Gasteiger partial charge in [0.05, 0.1) is 20.3 Å². The summed E-state index contributed by atoms with van der Waals surface area (Å²) in [6.45, 7) is 1.01. The van der Waals surface area contributed by atoms with E-state index in [1.54, 1.807) is 47.8 Å². The lowest BCUT2D eigenvalue weighted by Gasteiger charge is -2.28. The van der Waals surface area contributed by atoms with Crippen LogP contribution in [0.5, 0.6) is 5.75 Å².